The minimum atomic E-state index is 0.317. The third-order valence-corrected chi connectivity index (χ3v) is 3.50. The van der Waals surface area contributed by atoms with Crippen LogP contribution in [-0.4, -0.2) is 28.4 Å². The van der Waals surface area contributed by atoms with Gasteiger partial charge in [-0.1, -0.05) is 0 Å². The first-order valence-electron chi connectivity index (χ1n) is 4.71. The molecule has 0 saturated carbocycles. The molecule has 1 unspecified atom stereocenters. The fourth-order valence-electron chi connectivity index (χ4n) is 1.68. The number of rotatable bonds is 2. The van der Waals surface area contributed by atoms with E-state index in [1.807, 2.05) is 18.3 Å². The molecule has 1 aromatic heterocycles. The van der Waals surface area contributed by atoms with Crippen molar-refractivity contribution in [2.45, 2.75) is 18.3 Å². The molecule has 0 N–H and O–H groups in total. The summed E-state index contributed by atoms with van der Waals surface area (Å²) in [5.41, 5.74) is 1.10. The van der Waals surface area contributed by atoms with Crippen LogP contribution in [0.1, 0.15) is 12.1 Å². The topological polar surface area (TPSA) is 16.1 Å². The molecule has 0 amide bonds. The van der Waals surface area contributed by atoms with Crippen LogP contribution in [0, 0.1) is 0 Å². The van der Waals surface area contributed by atoms with Gasteiger partial charge in [-0.25, -0.2) is 0 Å². The molecule has 1 aliphatic heterocycles. The smallest absolute Gasteiger partial charge is 0.0685 e. The maximum Gasteiger partial charge on any atom is 0.0685 e. The zero-order chi connectivity index (χ0) is 9.97. The minimum absolute atomic E-state index is 0.317. The molecular formula is C10H12BrClN2. The number of alkyl halides is 1. The van der Waals surface area contributed by atoms with E-state index in [2.05, 4.69) is 25.8 Å². The summed E-state index contributed by atoms with van der Waals surface area (Å²) in [6, 6.07) is 3.96. The predicted molar refractivity (Wildman–Crippen MR) is 61.5 cm³/mol. The Hall–Kier alpha value is -0.120. The van der Waals surface area contributed by atoms with Crippen molar-refractivity contribution >= 4 is 27.5 Å². The molecule has 0 aromatic carbocycles. The highest BCUT2D eigenvalue weighted by Gasteiger charge is 2.20. The lowest BCUT2D eigenvalue weighted by Gasteiger charge is -2.14. The quantitative estimate of drug-likeness (QED) is 0.772. The van der Waals surface area contributed by atoms with E-state index in [0.717, 1.165) is 36.2 Å². The molecule has 76 valence electrons. The van der Waals surface area contributed by atoms with Crippen molar-refractivity contribution in [2.75, 3.05) is 13.1 Å². The molecule has 0 spiro atoms. The maximum absolute atomic E-state index is 6.04. The van der Waals surface area contributed by atoms with E-state index in [-0.39, 0.29) is 0 Å². The lowest BCUT2D eigenvalue weighted by atomic mass is 10.3. The average molecular weight is 276 g/mol. The summed E-state index contributed by atoms with van der Waals surface area (Å²) >= 11 is 9.54. The number of pyridine rings is 1. The summed E-state index contributed by atoms with van der Waals surface area (Å²) in [5.74, 6) is 0. The van der Waals surface area contributed by atoms with Gasteiger partial charge in [-0.2, -0.15) is 0 Å². The Morgan fingerprint density at radius 3 is 3.14 bits per heavy atom. The van der Waals surface area contributed by atoms with Gasteiger partial charge in [0.25, 0.3) is 0 Å². The van der Waals surface area contributed by atoms with Gasteiger partial charge in [-0.05, 0) is 34.5 Å². The molecule has 0 bridgehead atoms. The second-order valence-corrected chi connectivity index (χ2v) is 5.02. The number of likely N-dealkylation sites (tertiary alicyclic amines) is 1. The molecule has 0 radical (unpaired) electrons. The number of hydrogen-bond acceptors (Lipinski definition) is 2. The van der Waals surface area contributed by atoms with Crippen molar-refractivity contribution in [1.82, 2.24) is 9.88 Å². The van der Waals surface area contributed by atoms with Crippen LogP contribution >= 0.6 is 27.5 Å². The minimum Gasteiger partial charge on any atom is -0.296 e. The first-order chi connectivity index (χ1) is 6.75. The van der Waals surface area contributed by atoms with Crippen molar-refractivity contribution in [3.63, 3.8) is 0 Å². The summed E-state index contributed by atoms with van der Waals surface area (Å²) in [6.07, 6.45) is 2.92. The Labute approximate surface area is 97.4 Å². The van der Waals surface area contributed by atoms with E-state index in [1.54, 1.807) is 0 Å². The first-order valence-corrected chi connectivity index (χ1v) is 5.94. The second kappa shape index (κ2) is 4.60. The van der Waals surface area contributed by atoms with Gasteiger partial charge in [0.2, 0.25) is 0 Å². The molecule has 2 heterocycles. The van der Waals surface area contributed by atoms with Gasteiger partial charge < -0.3 is 0 Å². The molecular weight excluding hydrogens is 263 g/mol. The van der Waals surface area contributed by atoms with Crippen LogP contribution in [0.25, 0.3) is 0 Å². The molecule has 1 aliphatic rings. The molecule has 1 fully saturated rings. The second-order valence-electron chi connectivity index (χ2n) is 3.55. The van der Waals surface area contributed by atoms with Crippen LogP contribution in [-0.2, 0) is 6.54 Å². The number of hydrogen-bond donors (Lipinski definition) is 0. The molecule has 14 heavy (non-hydrogen) atoms. The molecule has 1 saturated heterocycles. The van der Waals surface area contributed by atoms with Gasteiger partial charge in [0.05, 0.1) is 5.69 Å². The van der Waals surface area contributed by atoms with Crippen molar-refractivity contribution in [2.24, 2.45) is 0 Å². The summed E-state index contributed by atoms with van der Waals surface area (Å²) in [6.45, 7) is 2.95. The molecule has 2 rings (SSSR count). The average Bonchev–Trinajstić information content (AvgIpc) is 2.56. The highest BCUT2D eigenvalue weighted by Crippen LogP contribution is 2.20. The Kier molecular flexibility index (Phi) is 3.42. The summed E-state index contributed by atoms with van der Waals surface area (Å²) in [5, 5.41) is 0.317. The monoisotopic (exact) mass is 274 g/mol. The lowest BCUT2D eigenvalue weighted by Crippen LogP contribution is -2.21. The standard InChI is InChI=1S/C10H12BrClN2/c11-9-2-1-4-13-10(9)7-14-5-3-8(12)6-14/h1-2,4,8H,3,5-7H2. The number of halogens is 2. The largest absolute Gasteiger partial charge is 0.296 e. The summed E-state index contributed by atoms with van der Waals surface area (Å²) in [4.78, 5) is 6.67. The zero-order valence-corrected chi connectivity index (χ0v) is 10.1. The van der Waals surface area contributed by atoms with Crippen molar-refractivity contribution in [3.05, 3.63) is 28.5 Å². The van der Waals surface area contributed by atoms with E-state index >= 15 is 0 Å². The van der Waals surface area contributed by atoms with Crippen LogP contribution < -0.4 is 0 Å². The van der Waals surface area contributed by atoms with Crippen LogP contribution in [0.3, 0.4) is 0 Å². The van der Waals surface area contributed by atoms with Crippen molar-refractivity contribution in [1.29, 1.82) is 0 Å². The Balaban J connectivity index is 2.01. The van der Waals surface area contributed by atoms with Gasteiger partial charge in [0, 0.05) is 35.7 Å². The van der Waals surface area contributed by atoms with E-state index in [4.69, 9.17) is 11.6 Å². The fraction of sp³-hybridized carbons (Fsp3) is 0.500. The van der Waals surface area contributed by atoms with Gasteiger partial charge in [-0.3, -0.25) is 9.88 Å². The van der Waals surface area contributed by atoms with Crippen molar-refractivity contribution < 1.29 is 0 Å². The number of aromatic nitrogens is 1. The Morgan fingerprint density at radius 1 is 1.64 bits per heavy atom. The molecule has 2 nitrogen and oxygen atoms in total. The van der Waals surface area contributed by atoms with Crippen LogP contribution in [0.5, 0.6) is 0 Å². The molecule has 0 aliphatic carbocycles. The van der Waals surface area contributed by atoms with E-state index in [9.17, 15) is 0 Å². The van der Waals surface area contributed by atoms with Gasteiger partial charge in [0.1, 0.15) is 0 Å². The van der Waals surface area contributed by atoms with Gasteiger partial charge in [-0.15, -0.1) is 11.6 Å². The van der Waals surface area contributed by atoms with Crippen LogP contribution in [0.15, 0.2) is 22.8 Å². The third kappa shape index (κ3) is 2.47. The Morgan fingerprint density at radius 2 is 2.50 bits per heavy atom. The fourth-order valence-corrected chi connectivity index (χ4v) is 2.35. The Bertz CT molecular complexity index is 319. The third-order valence-electron chi connectivity index (χ3n) is 2.42. The van der Waals surface area contributed by atoms with Crippen LogP contribution in [0.2, 0.25) is 0 Å². The summed E-state index contributed by atoms with van der Waals surface area (Å²) < 4.78 is 1.08. The van der Waals surface area contributed by atoms with E-state index < -0.39 is 0 Å². The first kappa shape index (κ1) is 10.4. The zero-order valence-electron chi connectivity index (χ0n) is 7.79. The highest BCUT2D eigenvalue weighted by molar-refractivity contribution is 9.10. The highest BCUT2D eigenvalue weighted by atomic mass is 79.9. The van der Waals surface area contributed by atoms with E-state index in [0.29, 0.717) is 5.38 Å². The van der Waals surface area contributed by atoms with E-state index in [1.165, 1.54) is 0 Å². The van der Waals surface area contributed by atoms with Crippen LogP contribution in [0.4, 0.5) is 0 Å². The normalized spacial score (nSPS) is 22.9. The van der Waals surface area contributed by atoms with Gasteiger partial charge >= 0.3 is 0 Å². The number of nitrogens with zero attached hydrogens (tertiary/aromatic N) is 2. The molecule has 4 heteroatoms. The van der Waals surface area contributed by atoms with Gasteiger partial charge in [0.15, 0.2) is 0 Å². The predicted octanol–water partition coefficient (Wildman–Crippen LogP) is 2.66. The summed E-state index contributed by atoms with van der Waals surface area (Å²) in [7, 11) is 0. The molecule has 1 atom stereocenters. The molecule has 1 aromatic rings. The SMILES string of the molecule is ClC1CCN(Cc2ncccc2Br)C1. The lowest BCUT2D eigenvalue weighted by molar-refractivity contribution is 0.327. The maximum atomic E-state index is 6.04. The van der Waals surface area contributed by atoms with Crippen molar-refractivity contribution in [3.8, 4) is 0 Å².